The molecule has 0 spiro atoms. The monoisotopic (exact) mass is 269 g/mol. The van der Waals surface area contributed by atoms with Crippen LogP contribution in [0.5, 0.6) is 0 Å². The van der Waals surface area contributed by atoms with Crippen LogP contribution in [0, 0.1) is 0 Å². The molecule has 3 heteroatoms. The Hall–Kier alpha value is -1.77. The van der Waals surface area contributed by atoms with Gasteiger partial charge in [-0.25, -0.2) is 0 Å². The van der Waals surface area contributed by atoms with Crippen LogP contribution in [-0.4, -0.2) is 18.1 Å². The lowest BCUT2D eigenvalue weighted by atomic mass is 10.1. The normalized spacial score (nSPS) is 17.1. The molecule has 0 amide bonds. The molecule has 0 aliphatic heterocycles. The van der Waals surface area contributed by atoms with E-state index in [9.17, 15) is 0 Å². The molecule has 1 aliphatic carbocycles. The van der Waals surface area contributed by atoms with Crippen molar-refractivity contribution in [3.63, 3.8) is 0 Å². The third kappa shape index (κ3) is 2.45. The Morgan fingerprint density at radius 3 is 2.60 bits per heavy atom. The lowest BCUT2D eigenvalue weighted by Crippen LogP contribution is -2.31. The zero-order chi connectivity index (χ0) is 13.9. The van der Waals surface area contributed by atoms with Crippen LogP contribution in [0.2, 0.25) is 0 Å². The zero-order valence-corrected chi connectivity index (χ0v) is 12.2. The Morgan fingerprint density at radius 1 is 1.10 bits per heavy atom. The maximum Gasteiger partial charge on any atom is 0.0955 e. The quantitative estimate of drug-likeness (QED) is 0.662. The molecule has 3 nitrogen and oxygen atoms in total. The molecular formula is C17H23N3. The van der Waals surface area contributed by atoms with Crippen molar-refractivity contribution in [2.45, 2.75) is 44.6 Å². The summed E-state index contributed by atoms with van der Waals surface area (Å²) in [6, 6.07) is 8.77. The molecule has 106 valence electrons. The van der Waals surface area contributed by atoms with E-state index in [0.717, 1.165) is 16.6 Å². The lowest BCUT2D eigenvalue weighted by Gasteiger charge is -2.30. The van der Waals surface area contributed by atoms with Crippen LogP contribution in [0.1, 0.15) is 38.5 Å². The molecule has 0 unspecified atom stereocenters. The number of nitrogen functional groups attached to an aromatic ring is 1. The van der Waals surface area contributed by atoms with Crippen molar-refractivity contribution in [2.24, 2.45) is 0 Å². The Morgan fingerprint density at radius 2 is 1.85 bits per heavy atom. The van der Waals surface area contributed by atoms with Crippen LogP contribution in [0.15, 0.2) is 30.5 Å². The number of hydrogen-bond acceptors (Lipinski definition) is 3. The van der Waals surface area contributed by atoms with E-state index in [1.54, 1.807) is 0 Å². The van der Waals surface area contributed by atoms with E-state index < -0.39 is 0 Å². The first kappa shape index (κ1) is 13.2. The molecule has 0 bridgehead atoms. The highest BCUT2D eigenvalue weighted by Crippen LogP contribution is 2.32. The van der Waals surface area contributed by atoms with Crippen molar-refractivity contribution in [3.8, 4) is 0 Å². The summed E-state index contributed by atoms with van der Waals surface area (Å²) < 4.78 is 0. The molecule has 1 aromatic carbocycles. The molecule has 1 fully saturated rings. The van der Waals surface area contributed by atoms with Gasteiger partial charge in [0.2, 0.25) is 0 Å². The molecule has 2 N–H and O–H groups in total. The molecular weight excluding hydrogens is 246 g/mol. The summed E-state index contributed by atoms with van der Waals surface area (Å²) in [6.07, 6.45) is 9.87. The summed E-state index contributed by atoms with van der Waals surface area (Å²) in [6.45, 7) is 0. The number of anilines is 2. The first-order chi connectivity index (χ1) is 9.77. The fraction of sp³-hybridized carbons (Fsp3) is 0.471. The van der Waals surface area contributed by atoms with Gasteiger partial charge in [0.05, 0.1) is 11.2 Å². The topological polar surface area (TPSA) is 42.1 Å². The second-order valence-electron chi connectivity index (χ2n) is 5.83. The van der Waals surface area contributed by atoms with Crippen molar-refractivity contribution in [3.05, 3.63) is 30.5 Å². The van der Waals surface area contributed by atoms with E-state index >= 15 is 0 Å². The molecule has 1 aromatic heterocycles. The predicted molar refractivity (Wildman–Crippen MR) is 86.0 cm³/mol. The molecule has 20 heavy (non-hydrogen) atoms. The van der Waals surface area contributed by atoms with E-state index in [1.165, 1.54) is 44.2 Å². The van der Waals surface area contributed by atoms with Gasteiger partial charge in [-0.15, -0.1) is 0 Å². The summed E-state index contributed by atoms with van der Waals surface area (Å²) in [5, 5.41) is 1.06. The van der Waals surface area contributed by atoms with E-state index in [4.69, 9.17) is 5.73 Å². The number of aromatic nitrogens is 1. The zero-order valence-electron chi connectivity index (χ0n) is 12.2. The second kappa shape index (κ2) is 5.70. The summed E-state index contributed by atoms with van der Waals surface area (Å²) in [5.41, 5.74) is 9.12. The number of rotatable bonds is 2. The van der Waals surface area contributed by atoms with E-state index in [1.807, 2.05) is 18.3 Å². The predicted octanol–water partition coefficient (Wildman–Crippen LogP) is 3.98. The molecule has 3 rings (SSSR count). The average molecular weight is 269 g/mol. The third-order valence-electron chi connectivity index (χ3n) is 4.53. The number of benzene rings is 1. The van der Waals surface area contributed by atoms with E-state index in [-0.39, 0.29) is 0 Å². The third-order valence-corrected chi connectivity index (χ3v) is 4.53. The van der Waals surface area contributed by atoms with Gasteiger partial charge in [0.1, 0.15) is 0 Å². The highest BCUT2D eigenvalue weighted by molar-refractivity contribution is 5.98. The highest BCUT2D eigenvalue weighted by atomic mass is 15.1. The van der Waals surface area contributed by atoms with Crippen molar-refractivity contribution in [1.82, 2.24) is 4.98 Å². The molecule has 0 radical (unpaired) electrons. The SMILES string of the molecule is CN(c1ccc(N)c2cccnc12)C1CCCCCC1. The Labute approximate surface area is 120 Å². The smallest absolute Gasteiger partial charge is 0.0955 e. The number of pyridine rings is 1. The van der Waals surface area contributed by atoms with Crippen LogP contribution >= 0.6 is 0 Å². The highest BCUT2D eigenvalue weighted by Gasteiger charge is 2.19. The van der Waals surface area contributed by atoms with Crippen LogP contribution in [0.4, 0.5) is 11.4 Å². The van der Waals surface area contributed by atoms with Gasteiger partial charge in [-0.1, -0.05) is 25.7 Å². The number of nitrogens with two attached hydrogens (primary N) is 1. The van der Waals surface area contributed by atoms with Gasteiger partial charge in [-0.05, 0) is 37.1 Å². The minimum atomic E-state index is 0.631. The Kier molecular flexibility index (Phi) is 3.77. The van der Waals surface area contributed by atoms with Crippen LogP contribution in [-0.2, 0) is 0 Å². The summed E-state index contributed by atoms with van der Waals surface area (Å²) in [7, 11) is 2.20. The molecule has 1 aliphatic rings. The summed E-state index contributed by atoms with van der Waals surface area (Å²) >= 11 is 0. The molecule has 1 heterocycles. The van der Waals surface area contributed by atoms with Gasteiger partial charge in [-0.2, -0.15) is 0 Å². The minimum absolute atomic E-state index is 0.631. The fourth-order valence-corrected chi connectivity index (χ4v) is 3.31. The van der Waals surface area contributed by atoms with Crippen molar-refractivity contribution >= 4 is 22.3 Å². The maximum atomic E-state index is 6.07. The van der Waals surface area contributed by atoms with Crippen molar-refractivity contribution in [2.75, 3.05) is 17.7 Å². The van der Waals surface area contributed by atoms with E-state index in [0.29, 0.717) is 6.04 Å². The van der Waals surface area contributed by atoms with Gasteiger partial charge < -0.3 is 10.6 Å². The van der Waals surface area contributed by atoms with Gasteiger partial charge in [0.15, 0.2) is 0 Å². The molecule has 0 saturated heterocycles. The summed E-state index contributed by atoms with van der Waals surface area (Å²) in [5.74, 6) is 0. The van der Waals surface area contributed by atoms with E-state index in [2.05, 4.69) is 29.1 Å². The van der Waals surface area contributed by atoms with Crippen LogP contribution < -0.4 is 10.6 Å². The standard InChI is InChI=1S/C17H23N3/c1-20(13-7-4-2-3-5-8-13)16-11-10-15(18)14-9-6-12-19-17(14)16/h6,9-13H,2-5,7-8,18H2,1H3. The first-order valence-corrected chi connectivity index (χ1v) is 7.63. The lowest BCUT2D eigenvalue weighted by molar-refractivity contribution is 0.554. The summed E-state index contributed by atoms with van der Waals surface area (Å²) in [4.78, 5) is 6.98. The Balaban J connectivity index is 1.98. The minimum Gasteiger partial charge on any atom is -0.398 e. The average Bonchev–Trinajstić information content (AvgIpc) is 2.76. The van der Waals surface area contributed by atoms with Crippen molar-refractivity contribution in [1.29, 1.82) is 0 Å². The maximum absolute atomic E-state index is 6.07. The van der Waals surface area contributed by atoms with Gasteiger partial charge in [0, 0.05) is 30.4 Å². The van der Waals surface area contributed by atoms with Crippen molar-refractivity contribution < 1.29 is 0 Å². The fourth-order valence-electron chi connectivity index (χ4n) is 3.31. The van der Waals surface area contributed by atoms with Gasteiger partial charge in [-0.3, -0.25) is 4.98 Å². The molecule has 2 aromatic rings. The van der Waals surface area contributed by atoms with Crippen LogP contribution in [0.25, 0.3) is 10.9 Å². The molecule has 0 atom stereocenters. The second-order valence-corrected chi connectivity index (χ2v) is 5.83. The first-order valence-electron chi connectivity index (χ1n) is 7.63. The largest absolute Gasteiger partial charge is 0.398 e. The van der Waals surface area contributed by atoms with Gasteiger partial charge >= 0.3 is 0 Å². The number of fused-ring (bicyclic) bond motifs is 1. The Bertz CT molecular complexity index is 586. The molecule has 1 saturated carbocycles. The van der Waals surface area contributed by atoms with Gasteiger partial charge in [0.25, 0.3) is 0 Å². The van der Waals surface area contributed by atoms with Crippen LogP contribution in [0.3, 0.4) is 0 Å². The number of nitrogens with zero attached hydrogens (tertiary/aromatic N) is 2. The number of hydrogen-bond donors (Lipinski definition) is 1.